The van der Waals surface area contributed by atoms with Crippen LogP contribution in [0.15, 0.2) is 0 Å². The summed E-state index contributed by atoms with van der Waals surface area (Å²) in [6.45, 7) is 8.19. The molecule has 1 saturated heterocycles. The van der Waals surface area contributed by atoms with Crippen LogP contribution in [0.3, 0.4) is 0 Å². The van der Waals surface area contributed by atoms with E-state index in [1.54, 1.807) is 0 Å². The lowest BCUT2D eigenvalue weighted by atomic mass is 9.70. The lowest BCUT2D eigenvalue weighted by Crippen LogP contribution is -2.34. The zero-order valence-electron chi connectivity index (χ0n) is 14.0. The van der Waals surface area contributed by atoms with Gasteiger partial charge in [-0.25, -0.2) is 0 Å². The van der Waals surface area contributed by atoms with Gasteiger partial charge < -0.3 is 9.47 Å². The van der Waals surface area contributed by atoms with E-state index < -0.39 is 0 Å². The van der Waals surface area contributed by atoms with Crippen molar-refractivity contribution in [2.24, 2.45) is 23.7 Å². The second-order valence-corrected chi connectivity index (χ2v) is 7.38. The summed E-state index contributed by atoms with van der Waals surface area (Å²) in [4.78, 5) is 12.4. The smallest absolute Gasteiger partial charge is 0.309 e. The van der Waals surface area contributed by atoms with Crippen LogP contribution in [0.25, 0.3) is 0 Å². The Kier molecular flexibility index (Phi) is 6.53. The number of ether oxygens (including phenoxy) is 2. The minimum atomic E-state index is 0.0487. The van der Waals surface area contributed by atoms with Gasteiger partial charge in [0.2, 0.25) is 0 Å². The molecule has 2 rings (SSSR count). The van der Waals surface area contributed by atoms with Crippen LogP contribution in [0.2, 0.25) is 0 Å². The maximum Gasteiger partial charge on any atom is 0.309 e. The first-order chi connectivity index (χ1) is 10.1. The number of carbonyl (C=O) groups excluding carboxylic acids is 1. The van der Waals surface area contributed by atoms with Crippen LogP contribution in [-0.4, -0.2) is 25.3 Å². The molecule has 0 amide bonds. The Bertz CT molecular complexity index is 320. The van der Waals surface area contributed by atoms with Crippen molar-refractivity contribution in [3.63, 3.8) is 0 Å². The molecule has 4 atom stereocenters. The molecule has 3 nitrogen and oxygen atoms in total. The molecule has 3 heteroatoms. The van der Waals surface area contributed by atoms with Crippen molar-refractivity contribution in [3.05, 3.63) is 0 Å². The molecule has 1 heterocycles. The lowest BCUT2D eigenvalue weighted by molar-refractivity contribution is -0.153. The summed E-state index contributed by atoms with van der Waals surface area (Å²) in [6, 6.07) is 0. The molecule has 0 radical (unpaired) electrons. The van der Waals surface area contributed by atoms with Crippen molar-refractivity contribution in [1.29, 1.82) is 0 Å². The Balaban J connectivity index is 1.72. The highest BCUT2D eigenvalue weighted by Gasteiger charge is 2.36. The van der Waals surface area contributed by atoms with Gasteiger partial charge in [-0.1, -0.05) is 27.2 Å². The first-order valence-corrected chi connectivity index (χ1v) is 8.86. The van der Waals surface area contributed by atoms with Gasteiger partial charge in [-0.3, -0.25) is 4.79 Å². The highest BCUT2D eigenvalue weighted by atomic mass is 16.5. The second-order valence-electron chi connectivity index (χ2n) is 7.38. The molecule has 122 valence electrons. The van der Waals surface area contributed by atoms with E-state index in [-0.39, 0.29) is 11.9 Å². The maximum atomic E-state index is 12.4. The van der Waals surface area contributed by atoms with Crippen LogP contribution in [-0.2, 0) is 14.3 Å². The van der Waals surface area contributed by atoms with E-state index in [0.29, 0.717) is 30.5 Å². The van der Waals surface area contributed by atoms with E-state index in [0.717, 1.165) is 25.9 Å². The Hall–Kier alpha value is -0.570. The first kappa shape index (κ1) is 16.8. The number of rotatable bonds is 6. The maximum absolute atomic E-state index is 12.4. The van der Waals surface area contributed by atoms with Crippen molar-refractivity contribution >= 4 is 5.97 Å². The Morgan fingerprint density at radius 2 is 2.10 bits per heavy atom. The molecule has 0 bridgehead atoms. The van der Waals surface area contributed by atoms with E-state index >= 15 is 0 Å². The number of carbonyl (C=O) groups is 1. The molecule has 21 heavy (non-hydrogen) atoms. The van der Waals surface area contributed by atoms with Crippen molar-refractivity contribution in [3.8, 4) is 0 Å². The normalized spacial score (nSPS) is 33.3. The van der Waals surface area contributed by atoms with Gasteiger partial charge in [-0.05, 0) is 56.3 Å². The van der Waals surface area contributed by atoms with E-state index in [2.05, 4.69) is 20.8 Å². The first-order valence-electron chi connectivity index (χ1n) is 8.86. The van der Waals surface area contributed by atoms with Gasteiger partial charge in [0.1, 0.15) is 0 Å². The standard InChI is InChI=1S/C18H32O3/c1-13(2)16-9-8-14(3)12-17(16)18(19)21-11-5-7-15-6-4-10-20-15/h13-17H,4-12H2,1-3H3/t14?,15-,16?,17?/m1/s1. The fourth-order valence-electron chi connectivity index (χ4n) is 3.94. The quantitative estimate of drug-likeness (QED) is 0.544. The monoisotopic (exact) mass is 296 g/mol. The number of esters is 1. The van der Waals surface area contributed by atoms with Crippen LogP contribution in [0.5, 0.6) is 0 Å². The fraction of sp³-hybridized carbons (Fsp3) is 0.944. The molecule has 1 saturated carbocycles. The van der Waals surface area contributed by atoms with Gasteiger partial charge in [0.25, 0.3) is 0 Å². The van der Waals surface area contributed by atoms with E-state index in [4.69, 9.17) is 9.47 Å². The van der Waals surface area contributed by atoms with Crippen molar-refractivity contribution in [2.75, 3.05) is 13.2 Å². The highest BCUT2D eigenvalue weighted by Crippen LogP contribution is 2.38. The van der Waals surface area contributed by atoms with Gasteiger partial charge >= 0.3 is 5.97 Å². The molecule has 0 aromatic rings. The van der Waals surface area contributed by atoms with Gasteiger partial charge in [0, 0.05) is 6.61 Å². The zero-order chi connectivity index (χ0) is 15.2. The summed E-state index contributed by atoms with van der Waals surface area (Å²) in [5.74, 6) is 1.90. The summed E-state index contributed by atoms with van der Waals surface area (Å²) in [6.07, 6.45) is 8.16. The van der Waals surface area contributed by atoms with Gasteiger partial charge in [-0.15, -0.1) is 0 Å². The van der Waals surface area contributed by atoms with Crippen molar-refractivity contribution in [2.45, 2.75) is 71.8 Å². The molecule has 0 spiro atoms. The molecular weight excluding hydrogens is 264 g/mol. The molecule has 1 aliphatic carbocycles. The van der Waals surface area contributed by atoms with Crippen LogP contribution in [0.1, 0.15) is 65.7 Å². The fourth-order valence-corrected chi connectivity index (χ4v) is 3.94. The Morgan fingerprint density at radius 3 is 2.76 bits per heavy atom. The third-order valence-corrected chi connectivity index (χ3v) is 5.26. The van der Waals surface area contributed by atoms with Crippen molar-refractivity contribution < 1.29 is 14.3 Å². The number of hydrogen-bond acceptors (Lipinski definition) is 3. The topological polar surface area (TPSA) is 35.5 Å². The Labute approximate surface area is 129 Å². The highest BCUT2D eigenvalue weighted by molar-refractivity contribution is 5.73. The SMILES string of the molecule is CC1CCC(C(C)C)C(C(=O)OCCC[C@H]2CCCO2)C1. The van der Waals surface area contributed by atoms with Gasteiger partial charge in [-0.2, -0.15) is 0 Å². The summed E-state index contributed by atoms with van der Waals surface area (Å²) >= 11 is 0. The molecule has 0 aromatic heterocycles. The summed E-state index contributed by atoms with van der Waals surface area (Å²) in [5, 5.41) is 0. The number of hydrogen-bond donors (Lipinski definition) is 0. The van der Waals surface area contributed by atoms with E-state index in [1.165, 1.54) is 25.7 Å². The second kappa shape index (κ2) is 8.17. The predicted octanol–water partition coefficient (Wildman–Crippen LogP) is 4.20. The van der Waals surface area contributed by atoms with Crippen LogP contribution in [0.4, 0.5) is 0 Å². The zero-order valence-corrected chi connectivity index (χ0v) is 14.0. The molecule has 2 aliphatic rings. The van der Waals surface area contributed by atoms with Crippen LogP contribution < -0.4 is 0 Å². The third-order valence-electron chi connectivity index (χ3n) is 5.26. The van der Waals surface area contributed by atoms with Crippen LogP contribution >= 0.6 is 0 Å². The molecule has 1 aliphatic heterocycles. The largest absolute Gasteiger partial charge is 0.465 e. The molecular formula is C18H32O3. The molecule has 0 N–H and O–H groups in total. The van der Waals surface area contributed by atoms with E-state index in [9.17, 15) is 4.79 Å². The summed E-state index contributed by atoms with van der Waals surface area (Å²) in [7, 11) is 0. The van der Waals surface area contributed by atoms with Crippen LogP contribution in [0, 0.1) is 23.7 Å². The third kappa shape index (κ3) is 4.98. The van der Waals surface area contributed by atoms with Crippen molar-refractivity contribution in [1.82, 2.24) is 0 Å². The minimum Gasteiger partial charge on any atom is -0.465 e. The minimum absolute atomic E-state index is 0.0487. The Morgan fingerprint density at radius 1 is 1.29 bits per heavy atom. The van der Waals surface area contributed by atoms with Gasteiger partial charge in [0.15, 0.2) is 0 Å². The predicted molar refractivity (Wildman–Crippen MR) is 84.0 cm³/mol. The molecule has 3 unspecified atom stereocenters. The lowest BCUT2D eigenvalue weighted by Gasteiger charge is -2.35. The van der Waals surface area contributed by atoms with Gasteiger partial charge in [0.05, 0.1) is 18.6 Å². The summed E-state index contributed by atoms with van der Waals surface area (Å²) < 4.78 is 11.2. The molecule has 2 fully saturated rings. The average Bonchev–Trinajstić information content (AvgIpc) is 2.96. The molecule has 0 aromatic carbocycles. The average molecular weight is 296 g/mol. The summed E-state index contributed by atoms with van der Waals surface area (Å²) in [5.41, 5.74) is 0. The van der Waals surface area contributed by atoms with E-state index in [1.807, 2.05) is 0 Å².